The van der Waals surface area contributed by atoms with Crippen molar-refractivity contribution < 1.29 is 16.8 Å². The summed E-state index contributed by atoms with van der Waals surface area (Å²) in [4.78, 5) is 0.164. The molecule has 6 nitrogen and oxygen atoms in total. The highest BCUT2D eigenvalue weighted by Gasteiger charge is 2.14. The van der Waals surface area contributed by atoms with E-state index >= 15 is 0 Å². The van der Waals surface area contributed by atoms with Gasteiger partial charge < -0.3 is 5.32 Å². The van der Waals surface area contributed by atoms with Crippen LogP contribution in [0.3, 0.4) is 0 Å². The SMILES string of the molecule is CCNCCCNS(=O)(=O)c1ccc(S(C)(=O)=O)cc1. The van der Waals surface area contributed by atoms with Crippen molar-refractivity contribution in [2.45, 2.75) is 23.1 Å². The zero-order valence-electron chi connectivity index (χ0n) is 11.6. The minimum atomic E-state index is -3.58. The molecule has 2 N–H and O–H groups in total. The summed E-state index contributed by atoms with van der Waals surface area (Å²) in [6.45, 7) is 3.91. The van der Waals surface area contributed by atoms with Crippen LogP contribution in [0, 0.1) is 0 Å². The third kappa shape index (κ3) is 5.20. The van der Waals surface area contributed by atoms with Gasteiger partial charge in [-0.05, 0) is 43.8 Å². The van der Waals surface area contributed by atoms with Crippen LogP contribution in [-0.4, -0.2) is 42.7 Å². The highest BCUT2D eigenvalue weighted by molar-refractivity contribution is 7.90. The van der Waals surface area contributed by atoms with E-state index in [9.17, 15) is 16.8 Å². The first-order chi connectivity index (χ1) is 9.27. The summed E-state index contributed by atoms with van der Waals surface area (Å²) >= 11 is 0. The van der Waals surface area contributed by atoms with Crippen LogP contribution in [0.5, 0.6) is 0 Å². The van der Waals surface area contributed by atoms with Gasteiger partial charge in [-0.2, -0.15) is 0 Å². The lowest BCUT2D eigenvalue weighted by atomic mass is 10.4. The molecular weight excluding hydrogens is 300 g/mol. The first-order valence-corrected chi connectivity index (χ1v) is 9.65. The average molecular weight is 320 g/mol. The Morgan fingerprint density at radius 2 is 1.50 bits per heavy atom. The molecule has 1 aromatic rings. The van der Waals surface area contributed by atoms with E-state index in [1.807, 2.05) is 6.92 Å². The molecular formula is C12H20N2O4S2. The van der Waals surface area contributed by atoms with Crippen LogP contribution in [0.25, 0.3) is 0 Å². The number of hydrogen-bond donors (Lipinski definition) is 2. The molecule has 8 heteroatoms. The molecule has 1 rings (SSSR count). The van der Waals surface area contributed by atoms with Gasteiger partial charge in [0.2, 0.25) is 10.0 Å². The Labute approximate surface area is 120 Å². The molecule has 1 aromatic carbocycles. The van der Waals surface area contributed by atoms with Crippen LogP contribution >= 0.6 is 0 Å². The van der Waals surface area contributed by atoms with Crippen LogP contribution < -0.4 is 10.0 Å². The Hall–Kier alpha value is -0.960. The number of nitrogens with one attached hydrogen (secondary N) is 2. The Kier molecular flexibility index (Phi) is 6.12. The summed E-state index contributed by atoms with van der Waals surface area (Å²) in [6, 6.07) is 5.18. The molecule has 0 bridgehead atoms. The lowest BCUT2D eigenvalue weighted by molar-refractivity contribution is 0.574. The second-order valence-corrected chi connectivity index (χ2v) is 8.13. The molecule has 0 aliphatic carbocycles. The molecule has 0 fully saturated rings. The predicted octanol–water partition coefficient (Wildman–Crippen LogP) is 0.368. The fourth-order valence-electron chi connectivity index (χ4n) is 1.55. The lowest BCUT2D eigenvalue weighted by Gasteiger charge is -2.07. The standard InChI is InChI=1S/C12H20N2O4S2/c1-3-13-9-4-10-14-20(17,18)12-7-5-11(6-8-12)19(2,15)16/h5-8,13-14H,3-4,9-10H2,1-2H3. The van der Waals surface area contributed by atoms with Crippen LogP contribution in [0.1, 0.15) is 13.3 Å². The Bertz CT molecular complexity index is 622. The average Bonchev–Trinajstić information content (AvgIpc) is 2.37. The fraction of sp³-hybridized carbons (Fsp3) is 0.500. The van der Waals surface area contributed by atoms with E-state index in [0.29, 0.717) is 13.0 Å². The van der Waals surface area contributed by atoms with Gasteiger partial charge in [0.1, 0.15) is 0 Å². The van der Waals surface area contributed by atoms with E-state index in [-0.39, 0.29) is 9.79 Å². The molecule has 0 aromatic heterocycles. The maximum atomic E-state index is 11.9. The minimum Gasteiger partial charge on any atom is -0.317 e. The van der Waals surface area contributed by atoms with Crippen molar-refractivity contribution >= 4 is 19.9 Å². The van der Waals surface area contributed by atoms with Gasteiger partial charge in [-0.1, -0.05) is 6.92 Å². The van der Waals surface area contributed by atoms with Crippen LogP contribution in [-0.2, 0) is 19.9 Å². The Balaban J connectivity index is 2.69. The second-order valence-electron chi connectivity index (χ2n) is 4.35. The smallest absolute Gasteiger partial charge is 0.240 e. The van der Waals surface area contributed by atoms with Gasteiger partial charge in [-0.25, -0.2) is 21.6 Å². The van der Waals surface area contributed by atoms with Crippen LogP contribution in [0.15, 0.2) is 34.1 Å². The van der Waals surface area contributed by atoms with Crippen molar-refractivity contribution in [1.82, 2.24) is 10.0 Å². The summed E-state index contributed by atoms with van der Waals surface area (Å²) in [6.07, 6.45) is 1.77. The van der Waals surface area contributed by atoms with Gasteiger partial charge in [-0.3, -0.25) is 0 Å². The number of sulfonamides is 1. The molecule has 0 aliphatic heterocycles. The summed E-state index contributed by atoms with van der Waals surface area (Å²) < 4.78 is 49.0. The third-order valence-electron chi connectivity index (χ3n) is 2.63. The van der Waals surface area contributed by atoms with Gasteiger partial charge in [0.25, 0.3) is 0 Å². The van der Waals surface area contributed by atoms with E-state index in [4.69, 9.17) is 0 Å². The van der Waals surface area contributed by atoms with Crippen LogP contribution in [0.2, 0.25) is 0 Å². The number of rotatable bonds is 8. The topological polar surface area (TPSA) is 92.3 Å². The zero-order chi connectivity index (χ0) is 15.2. The molecule has 0 saturated heterocycles. The molecule has 114 valence electrons. The number of sulfone groups is 1. The summed E-state index contributed by atoms with van der Waals surface area (Å²) in [5.74, 6) is 0. The summed E-state index contributed by atoms with van der Waals surface area (Å²) in [5, 5.41) is 3.10. The van der Waals surface area contributed by atoms with E-state index in [0.717, 1.165) is 19.3 Å². The first kappa shape index (κ1) is 17.1. The van der Waals surface area contributed by atoms with Gasteiger partial charge in [0, 0.05) is 12.8 Å². The molecule has 0 atom stereocenters. The minimum absolute atomic E-state index is 0.0633. The van der Waals surface area contributed by atoms with E-state index in [2.05, 4.69) is 10.0 Å². The Morgan fingerprint density at radius 1 is 0.950 bits per heavy atom. The van der Waals surface area contributed by atoms with Crippen molar-refractivity contribution in [3.63, 3.8) is 0 Å². The molecule has 0 saturated carbocycles. The molecule has 0 unspecified atom stereocenters. The normalized spacial score (nSPS) is 12.5. The van der Waals surface area contributed by atoms with Crippen molar-refractivity contribution in [2.24, 2.45) is 0 Å². The largest absolute Gasteiger partial charge is 0.317 e. The predicted molar refractivity (Wildman–Crippen MR) is 77.9 cm³/mol. The quantitative estimate of drug-likeness (QED) is 0.675. The summed E-state index contributed by atoms with van der Waals surface area (Å²) in [7, 11) is -6.90. The maximum absolute atomic E-state index is 11.9. The second kappa shape index (κ2) is 7.16. The van der Waals surface area contributed by atoms with Gasteiger partial charge >= 0.3 is 0 Å². The Morgan fingerprint density at radius 3 is 2.00 bits per heavy atom. The van der Waals surface area contributed by atoms with Crippen LogP contribution in [0.4, 0.5) is 0 Å². The van der Waals surface area contributed by atoms with E-state index in [1.54, 1.807) is 0 Å². The maximum Gasteiger partial charge on any atom is 0.240 e. The molecule has 0 aliphatic rings. The highest BCUT2D eigenvalue weighted by atomic mass is 32.2. The highest BCUT2D eigenvalue weighted by Crippen LogP contribution is 2.14. The summed E-state index contributed by atoms with van der Waals surface area (Å²) in [5.41, 5.74) is 0. The van der Waals surface area contributed by atoms with Crippen molar-refractivity contribution in [3.8, 4) is 0 Å². The molecule has 0 heterocycles. The third-order valence-corrected chi connectivity index (χ3v) is 5.24. The fourth-order valence-corrected chi connectivity index (χ4v) is 3.25. The van der Waals surface area contributed by atoms with Gasteiger partial charge in [-0.15, -0.1) is 0 Å². The van der Waals surface area contributed by atoms with Crippen molar-refractivity contribution in [2.75, 3.05) is 25.9 Å². The lowest BCUT2D eigenvalue weighted by Crippen LogP contribution is -2.27. The monoisotopic (exact) mass is 320 g/mol. The number of hydrogen-bond acceptors (Lipinski definition) is 5. The van der Waals surface area contributed by atoms with Crippen molar-refractivity contribution in [3.05, 3.63) is 24.3 Å². The van der Waals surface area contributed by atoms with Gasteiger partial charge in [0.15, 0.2) is 9.84 Å². The van der Waals surface area contributed by atoms with Crippen molar-refractivity contribution in [1.29, 1.82) is 0 Å². The molecule has 0 amide bonds. The molecule has 0 spiro atoms. The van der Waals surface area contributed by atoms with Gasteiger partial charge in [0.05, 0.1) is 9.79 Å². The zero-order valence-corrected chi connectivity index (χ0v) is 13.2. The van der Waals surface area contributed by atoms with E-state index in [1.165, 1.54) is 24.3 Å². The van der Waals surface area contributed by atoms with E-state index < -0.39 is 19.9 Å². The molecule has 20 heavy (non-hydrogen) atoms. The molecule has 0 radical (unpaired) electrons. The number of benzene rings is 1. The first-order valence-electron chi connectivity index (χ1n) is 6.28.